The second-order valence-electron chi connectivity index (χ2n) is 12.3. The second-order valence-corrected chi connectivity index (χ2v) is 12.3. The van der Waals surface area contributed by atoms with Gasteiger partial charge in [0.15, 0.2) is 11.6 Å². The minimum absolute atomic E-state index is 0.152. The van der Waals surface area contributed by atoms with Crippen molar-refractivity contribution in [3.8, 4) is 0 Å². The van der Waals surface area contributed by atoms with E-state index in [9.17, 15) is 0 Å². The quantitative estimate of drug-likeness (QED) is 0.110. The van der Waals surface area contributed by atoms with E-state index < -0.39 is 0 Å². The Hall–Kier alpha value is -5.70. The molecule has 0 aliphatic carbocycles. The second kappa shape index (κ2) is 15.7. The molecule has 5 aromatic carbocycles. The highest BCUT2D eigenvalue weighted by molar-refractivity contribution is 5.85. The molecule has 0 aliphatic rings. The lowest BCUT2D eigenvalue weighted by atomic mass is 10.1. The molecule has 7 aromatic rings. The van der Waals surface area contributed by atoms with Crippen molar-refractivity contribution in [3.63, 3.8) is 0 Å². The fraction of sp³-hybridized carbons (Fsp3) is 0.190. The molecule has 0 spiro atoms. The van der Waals surface area contributed by atoms with Gasteiger partial charge in [-0.3, -0.25) is 9.98 Å². The number of rotatable bonds is 14. The standard InChI is InChI=1S/C42H40N6O2/c1-47-39-19-11-9-17-35(39)45-41(47)25-43-37(33-13-5-3-6-14-33)29-49-27-31-21-23-32(24-22-31)28-50-30-38(34-15-7-4-8-16-34)44-26-42-46-36-18-10-12-20-40(36)48(42)2/h3-26,37-38H,27-30H2,1-2H3/b43-25+,44-26+/t37-,38-/m0/s1. The van der Waals surface area contributed by atoms with E-state index in [1.807, 2.05) is 99.3 Å². The normalized spacial score (nSPS) is 13.2. The van der Waals surface area contributed by atoms with Crippen molar-refractivity contribution in [3.05, 3.63) is 167 Å². The number of aromatic nitrogens is 4. The highest BCUT2D eigenvalue weighted by atomic mass is 16.5. The molecule has 50 heavy (non-hydrogen) atoms. The average Bonchev–Trinajstić information content (AvgIpc) is 3.67. The van der Waals surface area contributed by atoms with E-state index in [0.29, 0.717) is 26.4 Å². The first kappa shape index (κ1) is 32.8. The Balaban J connectivity index is 0.950. The molecule has 8 heteroatoms. The number of ether oxygens (including phenoxy) is 2. The predicted octanol–water partition coefficient (Wildman–Crippen LogP) is 8.21. The Morgan fingerprint density at radius 1 is 0.520 bits per heavy atom. The zero-order chi connectivity index (χ0) is 34.1. The Kier molecular flexibility index (Phi) is 10.3. The Bertz CT molecular complexity index is 2050. The molecule has 0 N–H and O–H groups in total. The van der Waals surface area contributed by atoms with Gasteiger partial charge in [0, 0.05) is 14.1 Å². The Morgan fingerprint density at radius 3 is 1.30 bits per heavy atom. The lowest BCUT2D eigenvalue weighted by Gasteiger charge is -2.15. The maximum atomic E-state index is 6.21. The van der Waals surface area contributed by atoms with Crippen molar-refractivity contribution in [2.45, 2.75) is 25.3 Å². The molecule has 0 radical (unpaired) electrons. The molecule has 0 bridgehead atoms. The highest BCUT2D eigenvalue weighted by Gasteiger charge is 2.13. The number of nitrogens with zero attached hydrogens (tertiary/aromatic N) is 6. The third kappa shape index (κ3) is 7.78. The maximum absolute atomic E-state index is 6.21. The van der Waals surface area contributed by atoms with Gasteiger partial charge in [0.2, 0.25) is 0 Å². The van der Waals surface area contributed by atoms with Crippen LogP contribution in [0.3, 0.4) is 0 Å². The van der Waals surface area contributed by atoms with Crippen LogP contribution in [0, 0.1) is 0 Å². The number of para-hydroxylation sites is 4. The van der Waals surface area contributed by atoms with Crippen LogP contribution in [0.4, 0.5) is 0 Å². The summed E-state index contributed by atoms with van der Waals surface area (Å²) >= 11 is 0. The largest absolute Gasteiger partial charge is 0.374 e. The van der Waals surface area contributed by atoms with Crippen LogP contribution in [-0.4, -0.2) is 44.7 Å². The first-order valence-electron chi connectivity index (χ1n) is 16.8. The molecule has 2 atom stereocenters. The summed E-state index contributed by atoms with van der Waals surface area (Å²) in [6, 6.07) is 44.8. The third-order valence-corrected chi connectivity index (χ3v) is 8.86. The molecule has 2 heterocycles. The molecule has 250 valence electrons. The fourth-order valence-corrected chi connectivity index (χ4v) is 5.98. The first-order valence-corrected chi connectivity index (χ1v) is 16.8. The van der Waals surface area contributed by atoms with E-state index in [0.717, 1.165) is 56.0 Å². The molecular weight excluding hydrogens is 621 g/mol. The van der Waals surface area contributed by atoms with Crippen molar-refractivity contribution in [1.29, 1.82) is 0 Å². The summed E-state index contributed by atoms with van der Waals surface area (Å²) in [6.45, 7) is 1.87. The van der Waals surface area contributed by atoms with E-state index >= 15 is 0 Å². The van der Waals surface area contributed by atoms with Crippen LogP contribution in [0.5, 0.6) is 0 Å². The van der Waals surface area contributed by atoms with Crippen molar-refractivity contribution >= 4 is 34.5 Å². The average molecular weight is 661 g/mol. The van der Waals surface area contributed by atoms with Gasteiger partial charge in [-0.2, -0.15) is 0 Å². The molecule has 8 nitrogen and oxygen atoms in total. The van der Waals surface area contributed by atoms with Gasteiger partial charge in [-0.1, -0.05) is 109 Å². The smallest absolute Gasteiger partial charge is 0.151 e. The zero-order valence-corrected chi connectivity index (χ0v) is 28.3. The van der Waals surface area contributed by atoms with Crippen LogP contribution in [0.25, 0.3) is 22.1 Å². The summed E-state index contributed by atoms with van der Waals surface area (Å²) in [5.74, 6) is 1.63. The van der Waals surface area contributed by atoms with Gasteiger partial charge in [0.25, 0.3) is 0 Å². The summed E-state index contributed by atoms with van der Waals surface area (Å²) in [6.07, 6.45) is 3.70. The molecular formula is C42H40N6O2. The van der Waals surface area contributed by atoms with Gasteiger partial charge < -0.3 is 18.6 Å². The minimum atomic E-state index is -0.152. The predicted molar refractivity (Wildman–Crippen MR) is 201 cm³/mol. The molecule has 0 saturated heterocycles. The van der Waals surface area contributed by atoms with Gasteiger partial charge in [0.1, 0.15) is 0 Å². The summed E-state index contributed by atoms with van der Waals surface area (Å²) in [5, 5.41) is 0. The van der Waals surface area contributed by atoms with Crippen LogP contribution in [0.2, 0.25) is 0 Å². The first-order chi connectivity index (χ1) is 24.6. The molecule has 0 unspecified atom stereocenters. The Morgan fingerprint density at radius 2 is 0.900 bits per heavy atom. The summed E-state index contributed by atoms with van der Waals surface area (Å²) in [7, 11) is 4.03. The van der Waals surface area contributed by atoms with E-state index in [2.05, 4.69) is 69.8 Å². The molecule has 2 aromatic heterocycles. The van der Waals surface area contributed by atoms with Crippen LogP contribution in [0.15, 0.2) is 143 Å². The SMILES string of the molecule is Cn1c(/C=N/[C@@H](COCc2ccc(COC[C@H](/N=C/c3nc4ccccc4n3C)c3ccccc3)cc2)c2ccccc2)nc2ccccc21. The summed E-state index contributed by atoms with van der Waals surface area (Å²) in [4.78, 5) is 19.3. The molecule has 0 fully saturated rings. The van der Waals surface area contributed by atoms with Gasteiger partial charge in [0.05, 0.1) is 73.0 Å². The van der Waals surface area contributed by atoms with Gasteiger partial charge in [-0.25, -0.2) is 9.97 Å². The number of hydrogen-bond donors (Lipinski definition) is 0. The van der Waals surface area contributed by atoms with E-state index in [4.69, 9.17) is 29.4 Å². The van der Waals surface area contributed by atoms with Gasteiger partial charge in [-0.05, 0) is 46.5 Å². The van der Waals surface area contributed by atoms with Crippen LogP contribution >= 0.6 is 0 Å². The van der Waals surface area contributed by atoms with E-state index in [-0.39, 0.29) is 12.1 Å². The summed E-state index contributed by atoms with van der Waals surface area (Å²) in [5.41, 5.74) is 8.45. The monoisotopic (exact) mass is 660 g/mol. The third-order valence-electron chi connectivity index (χ3n) is 8.86. The zero-order valence-electron chi connectivity index (χ0n) is 28.3. The number of hydrogen-bond acceptors (Lipinski definition) is 6. The van der Waals surface area contributed by atoms with Crippen LogP contribution in [-0.2, 0) is 36.8 Å². The Labute approximate surface area is 292 Å². The number of aliphatic imine (C=N–C) groups is 2. The summed E-state index contributed by atoms with van der Waals surface area (Å²) < 4.78 is 16.5. The maximum Gasteiger partial charge on any atom is 0.151 e. The number of benzene rings is 5. The van der Waals surface area contributed by atoms with Crippen LogP contribution < -0.4 is 0 Å². The van der Waals surface area contributed by atoms with Crippen molar-refractivity contribution in [1.82, 2.24) is 19.1 Å². The lowest BCUT2D eigenvalue weighted by Crippen LogP contribution is -2.08. The van der Waals surface area contributed by atoms with Gasteiger partial charge >= 0.3 is 0 Å². The molecule has 7 rings (SSSR count). The number of imidazole rings is 2. The van der Waals surface area contributed by atoms with Crippen molar-refractivity contribution < 1.29 is 9.47 Å². The van der Waals surface area contributed by atoms with Gasteiger partial charge in [-0.15, -0.1) is 0 Å². The molecule has 0 aliphatic heterocycles. The van der Waals surface area contributed by atoms with Crippen LogP contribution in [0.1, 0.15) is 46.0 Å². The topological polar surface area (TPSA) is 78.8 Å². The molecule has 0 amide bonds. The van der Waals surface area contributed by atoms with Crippen molar-refractivity contribution in [2.75, 3.05) is 13.2 Å². The highest BCUT2D eigenvalue weighted by Crippen LogP contribution is 2.22. The number of aryl methyl sites for hydroxylation is 2. The minimum Gasteiger partial charge on any atom is -0.374 e. The molecule has 0 saturated carbocycles. The van der Waals surface area contributed by atoms with Crippen molar-refractivity contribution in [2.24, 2.45) is 24.1 Å². The lowest BCUT2D eigenvalue weighted by molar-refractivity contribution is 0.107. The van der Waals surface area contributed by atoms with E-state index in [1.165, 1.54) is 0 Å². The van der Waals surface area contributed by atoms with E-state index in [1.54, 1.807) is 0 Å². The fourth-order valence-electron chi connectivity index (χ4n) is 5.98. The number of fused-ring (bicyclic) bond motifs is 2.